The van der Waals surface area contributed by atoms with Crippen LogP contribution in [0.3, 0.4) is 0 Å². The maximum Gasteiger partial charge on any atom is 0.416 e. The van der Waals surface area contributed by atoms with Gasteiger partial charge in [0, 0.05) is 6.54 Å². The van der Waals surface area contributed by atoms with Gasteiger partial charge in [0.15, 0.2) is 0 Å². The van der Waals surface area contributed by atoms with E-state index in [2.05, 4.69) is 10.4 Å². The maximum absolute atomic E-state index is 12.9. The molecule has 5 nitrogen and oxygen atoms in total. The van der Waals surface area contributed by atoms with Gasteiger partial charge >= 0.3 is 6.18 Å². The maximum atomic E-state index is 12.9. The van der Waals surface area contributed by atoms with Crippen molar-refractivity contribution in [2.24, 2.45) is 11.7 Å². The molecule has 1 fully saturated rings. The number of rotatable bonds is 5. The Morgan fingerprint density at radius 1 is 1.37 bits per heavy atom. The van der Waals surface area contributed by atoms with Gasteiger partial charge in [0.25, 0.3) is 5.91 Å². The second kappa shape index (κ2) is 7.52. The number of nitrogens with zero attached hydrogens (tertiary/aromatic N) is 2. The Balaban J connectivity index is 0.00000261. The molecule has 27 heavy (non-hydrogen) atoms. The molecule has 0 radical (unpaired) electrons. The van der Waals surface area contributed by atoms with E-state index in [4.69, 9.17) is 5.73 Å². The molecule has 0 saturated heterocycles. The molecule has 1 amide bonds. The summed E-state index contributed by atoms with van der Waals surface area (Å²) in [6, 6.07) is 4.84. The molecule has 3 rings (SSSR count). The van der Waals surface area contributed by atoms with Crippen LogP contribution in [0.2, 0.25) is 0 Å². The third-order valence-electron chi connectivity index (χ3n) is 4.97. The first-order valence-corrected chi connectivity index (χ1v) is 8.40. The second-order valence-electron chi connectivity index (χ2n) is 6.95. The highest BCUT2D eigenvalue weighted by Gasteiger charge is 2.42. The Morgan fingerprint density at radius 3 is 2.59 bits per heavy atom. The van der Waals surface area contributed by atoms with Crippen LogP contribution in [-0.4, -0.2) is 27.8 Å². The summed E-state index contributed by atoms with van der Waals surface area (Å²) in [6.45, 7) is 3.89. The average Bonchev–Trinajstić information content (AvgIpc) is 3.37. The first-order chi connectivity index (χ1) is 12.2. The summed E-state index contributed by atoms with van der Waals surface area (Å²) in [5, 5.41) is 7.07. The summed E-state index contributed by atoms with van der Waals surface area (Å²) in [5.74, 6) is 0.0378. The van der Waals surface area contributed by atoms with Gasteiger partial charge in [0.05, 0.1) is 34.2 Å². The first kappa shape index (κ1) is 21.2. The van der Waals surface area contributed by atoms with Crippen LogP contribution in [0.5, 0.6) is 0 Å². The van der Waals surface area contributed by atoms with Crippen molar-refractivity contribution >= 4 is 18.3 Å². The van der Waals surface area contributed by atoms with Crippen molar-refractivity contribution in [1.29, 1.82) is 0 Å². The van der Waals surface area contributed by atoms with Crippen LogP contribution < -0.4 is 11.1 Å². The summed E-state index contributed by atoms with van der Waals surface area (Å²) in [5.41, 5.74) is 5.62. The minimum Gasteiger partial charge on any atom is -0.345 e. The van der Waals surface area contributed by atoms with Gasteiger partial charge < -0.3 is 11.1 Å². The number of nitrogens with two attached hydrogens (primary N) is 1. The third kappa shape index (κ3) is 4.27. The average molecular weight is 403 g/mol. The zero-order chi connectivity index (χ0) is 19.1. The SMILES string of the molecule is Cc1c(C(=O)NC(C)(CN)C2CC2)cnn1-c1cccc(C(F)(F)F)c1.Cl. The van der Waals surface area contributed by atoms with Crippen LogP contribution in [0.4, 0.5) is 13.2 Å². The molecule has 1 aromatic carbocycles. The van der Waals surface area contributed by atoms with Gasteiger partial charge in [0.2, 0.25) is 0 Å². The topological polar surface area (TPSA) is 72.9 Å². The third-order valence-corrected chi connectivity index (χ3v) is 4.97. The van der Waals surface area contributed by atoms with E-state index in [1.54, 1.807) is 6.92 Å². The summed E-state index contributed by atoms with van der Waals surface area (Å²) in [6.07, 6.45) is -1.02. The summed E-state index contributed by atoms with van der Waals surface area (Å²) >= 11 is 0. The molecule has 1 aromatic heterocycles. The van der Waals surface area contributed by atoms with Gasteiger partial charge in [-0.2, -0.15) is 18.3 Å². The lowest BCUT2D eigenvalue weighted by molar-refractivity contribution is -0.137. The van der Waals surface area contributed by atoms with E-state index >= 15 is 0 Å². The molecular weight excluding hydrogens is 381 g/mol. The van der Waals surface area contributed by atoms with E-state index in [1.807, 2.05) is 6.92 Å². The van der Waals surface area contributed by atoms with Crippen molar-refractivity contribution in [2.45, 2.75) is 38.4 Å². The van der Waals surface area contributed by atoms with E-state index in [0.29, 0.717) is 23.7 Å². The second-order valence-corrected chi connectivity index (χ2v) is 6.95. The number of carbonyl (C=O) groups is 1. The minimum atomic E-state index is -4.44. The van der Waals surface area contributed by atoms with Gasteiger partial charge in [-0.15, -0.1) is 12.4 Å². The van der Waals surface area contributed by atoms with Gasteiger partial charge in [-0.1, -0.05) is 6.07 Å². The Labute approximate surface area is 161 Å². The van der Waals surface area contributed by atoms with Crippen molar-refractivity contribution in [1.82, 2.24) is 15.1 Å². The molecule has 3 N–H and O–H groups in total. The number of aromatic nitrogens is 2. The quantitative estimate of drug-likeness (QED) is 0.804. The Kier molecular flexibility index (Phi) is 5.91. The highest BCUT2D eigenvalue weighted by Crippen LogP contribution is 2.39. The van der Waals surface area contributed by atoms with E-state index in [1.165, 1.54) is 23.0 Å². The molecule has 2 aromatic rings. The van der Waals surface area contributed by atoms with Gasteiger partial charge in [-0.3, -0.25) is 4.79 Å². The first-order valence-electron chi connectivity index (χ1n) is 8.40. The van der Waals surface area contributed by atoms with Crippen LogP contribution in [0, 0.1) is 12.8 Å². The number of halogens is 4. The molecule has 1 saturated carbocycles. The molecule has 0 aliphatic heterocycles. The predicted molar refractivity (Wildman–Crippen MR) is 98.2 cm³/mol. The van der Waals surface area contributed by atoms with Crippen LogP contribution in [0.1, 0.15) is 41.4 Å². The minimum absolute atomic E-state index is 0. The van der Waals surface area contributed by atoms with Crippen LogP contribution in [-0.2, 0) is 6.18 Å². The lowest BCUT2D eigenvalue weighted by Crippen LogP contribution is -2.53. The number of benzene rings is 1. The molecule has 1 aliphatic carbocycles. The van der Waals surface area contributed by atoms with Crippen LogP contribution >= 0.6 is 12.4 Å². The number of alkyl halides is 3. The fraction of sp³-hybridized carbons (Fsp3) is 0.444. The Bertz CT molecular complexity index is 832. The lowest BCUT2D eigenvalue weighted by Gasteiger charge is -2.29. The van der Waals surface area contributed by atoms with Crippen LogP contribution in [0.25, 0.3) is 5.69 Å². The van der Waals surface area contributed by atoms with Crippen molar-refractivity contribution in [3.63, 3.8) is 0 Å². The molecule has 148 valence electrons. The smallest absolute Gasteiger partial charge is 0.345 e. The molecule has 1 heterocycles. The monoisotopic (exact) mass is 402 g/mol. The van der Waals surface area contributed by atoms with Crippen molar-refractivity contribution in [3.05, 3.63) is 47.3 Å². The fourth-order valence-electron chi connectivity index (χ4n) is 3.07. The zero-order valence-corrected chi connectivity index (χ0v) is 15.8. The molecule has 9 heteroatoms. The van der Waals surface area contributed by atoms with Crippen molar-refractivity contribution in [3.8, 4) is 5.69 Å². The zero-order valence-electron chi connectivity index (χ0n) is 15.0. The molecule has 1 atom stereocenters. The van der Waals surface area contributed by atoms with Gasteiger partial charge in [-0.25, -0.2) is 4.68 Å². The number of carbonyl (C=O) groups excluding carboxylic acids is 1. The number of hydrogen-bond donors (Lipinski definition) is 2. The highest BCUT2D eigenvalue weighted by atomic mass is 35.5. The Hall–Kier alpha value is -2.06. The van der Waals surface area contributed by atoms with Gasteiger partial charge in [-0.05, 0) is 50.8 Å². The Morgan fingerprint density at radius 2 is 2.04 bits per heavy atom. The molecule has 1 unspecified atom stereocenters. The van der Waals surface area contributed by atoms with Crippen molar-refractivity contribution < 1.29 is 18.0 Å². The van der Waals surface area contributed by atoms with E-state index in [0.717, 1.165) is 25.0 Å². The molecule has 0 bridgehead atoms. The lowest BCUT2D eigenvalue weighted by atomic mass is 9.95. The van der Waals surface area contributed by atoms with Crippen LogP contribution in [0.15, 0.2) is 30.5 Å². The highest BCUT2D eigenvalue weighted by molar-refractivity contribution is 5.95. The van der Waals surface area contributed by atoms with Crippen molar-refractivity contribution in [2.75, 3.05) is 6.54 Å². The fourth-order valence-corrected chi connectivity index (χ4v) is 3.07. The molecule has 1 aliphatic rings. The summed E-state index contributed by atoms with van der Waals surface area (Å²) in [7, 11) is 0. The normalized spacial score (nSPS) is 16.4. The van der Waals surface area contributed by atoms with Gasteiger partial charge in [0.1, 0.15) is 0 Å². The predicted octanol–water partition coefficient (Wildman–Crippen LogP) is 3.48. The van der Waals surface area contributed by atoms with E-state index in [9.17, 15) is 18.0 Å². The molecular formula is C18H22ClF3N4O. The number of nitrogens with one attached hydrogen (secondary N) is 1. The number of amides is 1. The van der Waals surface area contributed by atoms with E-state index < -0.39 is 17.3 Å². The standard InChI is InChI=1S/C18H21F3N4O.ClH/c1-11-15(16(26)24-17(2,10-22)12-6-7-12)9-23-25(11)14-5-3-4-13(8-14)18(19,20)21;/h3-5,8-9,12H,6-7,10,22H2,1-2H3,(H,24,26);1H. The summed E-state index contributed by atoms with van der Waals surface area (Å²) in [4.78, 5) is 12.6. The largest absolute Gasteiger partial charge is 0.416 e. The molecule has 0 spiro atoms. The number of hydrogen-bond acceptors (Lipinski definition) is 3. The summed E-state index contributed by atoms with van der Waals surface area (Å²) < 4.78 is 40.1. The van der Waals surface area contributed by atoms with E-state index in [-0.39, 0.29) is 24.0 Å².